The minimum Gasteiger partial charge on any atom is -0.454 e. The van der Waals surface area contributed by atoms with Gasteiger partial charge in [-0.25, -0.2) is 4.79 Å². The summed E-state index contributed by atoms with van der Waals surface area (Å²) in [4.78, 5) is 24.5. The Labute approximate surface area is 155 Å². The number of para-hydroxylation sites is 1. The lowest BCUT2D eigenvalue weighted by molar-refractivity contribution is -0.118. The molecule has 4 rings (SSSR count). The molecule has 1 N–H and O–H groups in total. The number of rotatable bonds is 3. The molecule has 2 aromatic carbocycles. The second-order valence-corrected chi connectivity index (χ2v) is 6.93. The van der Waals surface area contributed by atoms with Crippen molar-refractivity contribution in [1.29, 1.82) is 0 Å². The zero-order chi connectivity index (χ0) is 19.1. The number of hydrogen-bond acceptors (Lipinski definition) is 4. The number of benzene rings is 2. The fourth-order valence-electron chi connectivity index (χ4n) is 3.08. The van der Waals surface area contributed by atoms with Gasteiger partial charge in [0.25, 0.3) is 0 Å². The molecule has 0 aliphatic rings. The normalized spacial score (nSPS) is 11.4. The lowest BCUT2D eigenvalue weighted by Crippen LogP contribution is -2.18. The molecule has 1 amide bonds. The third-order valence-electron chi connectivity index (χ3n) is 4.51. The summed E-state index contributed by atoms with van der Waals surface area (Å²) in [5.74, 6) is 0.143. The summed E-state index contributed by atoms with van der Waals surface area (Å²) in [6.07, 6.45) is 0. The van der Waals surface area contributed by atoms with Crippen molar-refractivity contribution in [3.05, 3.63) is 64.5 Å². The van der Waals surface area contributed by atoms with Gasteiger partial charge in [-0.15, -0.1) is 0 Å². The first-order valence-electron chi connectivity index (χ1n) is 8.81. The topological polar surface area (TPSA) is 72.5 Å². The largest absolute Gasteiger partial charge is 0.454 e. The van der Waals surface area contributed by atoms with Gasteiger partial charge in [0.2, 0.25) is 5.91 Å². The van der Waals surface area contributed by atoms with Crippen LogP contribution in [0.4, 0.5) is 5.69 Å². The molecule has 0 spiro atoms. The minimum absolute atomic E-state index is 0.120. The third kappa shape index (κ3) is 3.01. The monoisotopic (exact) mass is 361 g/mol. The lowest BCUT2D eigenvalue weighted by atomic mass is 10.0. The predicted octanol–water partition coefficient (Wildman–Crippen LogP) is 5.11. The summed E-state index contributed by atoms with van der Waals surface area (Å²) < 4.78 is 11.4. The van der Waals surface area contributed by atoms with Crippen LogP contribution in [-0.2, 0) is 4.79 Å². The lowest BCUT2D eigenvalue weighted by Gasteiger charge is -2.10. The van der Waals surface area contributed by atoms with E-state index in [4.69, 9.17) is 8.83 Å². The van der Waals surface area contributed by atoms with Gasteiger partial charge in [0.1, 0.15) is 11.2 Å². The van der Waals surface area contributed by atoms with E-state index < -0.39 is 5.63 Å². The number of hydrogen-bond donors (Lipinski definition) is 1. The number of carbonyl (C=O) groups excluding carboxylic acids is 1. The number of anilines is 1. The van der Waals surface area contributed by atoms with Crippen molar-refractivity contribution in [2.45, 2.75) is 20.8 Å². The first-order chi connectivity index (χ1) is 12.9. The highest BCUT2D eigenvalue weighted by Gasteiger charge is 2.21. The van der Waals surface area contributed by atoms with Crippen molar-refractivity contribution < 1.29 is 13.6 Å². The van der Waals surface area contributed by atoms with Gasteiger partial charge < -0.3 is 14.2 Å². The average molecular weight is 361 g/mol. The molecule has 27 heavy (non-hydrogen) atoms. The van der Waals surface area contributed by atoms with Crippen molar-refractivity contribution in [3.8, 4) is 11.3 Å². The molecule has 2 heterocycles. The Morgan fingerprint density at radius 3 is 2.52 bits per heavy atom. The van der Waals surface area contributed by atoms with Crippen molar-refractivity contribution in [1.82, 2.24) is 0 Å². The molecule has 0 radical (unpaired) electrons. The molecule has 0 saturated carbocycles. The third-order valence-corrected chi connectivity index (χ3v) is 4.51. The number of fused-ring (bicyclic) bond motifs is 2. The maximum Gasteiger partial charge on any atom is 0.336 e. The fraction of sp³-hybridized carbons (Fsp3) is 0.182. The molecule has 0 atom stereocenters. The highest BCUT2D eigenvalue weighted by molar-refractivity contribution is 6.09. The molecular formula is C22H19NO4. The van der Waals surface area contributed by atoms with E-state index in [1.807, 2.05) is 63.2 Å². The zero-order valence-corrected chi connectivity index (χ0v) is 15.3. The predicted molar refractivity (Wildman–Crippen MR) is 106 cm³/mol. The summed E-state index contributed by atoms with van der Waals surface area (Å²) >= 11 is 0. The Balaban J connectivity index is 2.03. The zero-order valence-electron chi connectivity index (χ0n) is 15.3. The van der Waals surface area contributed by atoms with Crippen LogP contribution in [0.25, 0.3) is 33.3 Å². The Morgan fingerprint density at radius 2 is 1.74 bits per heavy atom. The van der Waals surface area contributed by atoms with E-state index in [2.05, 4.69) is 5.32 Å². The molecule has 2 aromatic heterocycles. The maximum atomic E-state index is 12.4. The number of carbonyl (C=O) groups is 1. The summed E-state index contributed by atoms with van der Waals surface area (Å²) in [5.41, 5.74) is 2.80. The SMILES string of the molecule is Cc1ccc2c(-c3oc4ccccc4c3NC(=O)C(C)C)cc(=O)oc2c1. The van der Waals surface area contributed by atoms with E-state index in [-0.39, 0.29) is 11.8 Å². The van der Waals surface area contributed by atoms with E-state index in [0.717, 1.165) is 16.3 Å². The fourth-order valence-corrected chi connectivity index (χ4v) is 3.08. The van der Waals surface area contributed by atoms with Gasteiger partial charge in [-0.2, -0.15) is 0 Å². The van der Waals surface area contributed by atoms with Crippen molar-refractivity contribution >= 4 is 33.5 Å². The number of furan rings is 1. The summed E-state index contributed by atoms with van der Waals surface area (Å²) in [7, 11) is 0. The van der Waals surface area contributed by atoms with E-state index in [9.17, 15) is 9.59 Å². The standard InChI is InChI=1S/C22H19NO4/c1-12(2)22(25)23-20-15-6-4-5-7-17(15)27-21(20)16-11-19(24)26-18-10-13(3)8-9-14(16)18/h4-12H,1-3H3,(H,23,25). The quantitative estimate of drug-likeness (QED) is 0.515. The second-order valence-electron chi connectivity index (χ2n) is 6.93. The molecular weight excluding hydrogens is 342 g/mol. The van der Waals surface area contributed by atoms with Crippen LogP contribution in [-0.4, -0.2) is 5.91 Å². The Bertz CT molecular complexity index is 1230. The smallest absolute Gasteiger partial charge is 0.336 e. The van der Waals surface area contributed by atoms with Gasteiger partial charge in [0.05, 0.1) is 5.69 Å². The Morgan fingerprint density at radius 1 is 0.963 bits per heavy atom. The first kappa shape index (κ1) is 17.1. The number of aryl methyl sites for hydroxylation is 1. The van der Waals surface area contributed by atoms with Crippen molar-refractivity contribution in [3.63, 3.8) is 0 Å². The Hall–Kier alpha value is -3.34. The van der Waals surface area contributed by atoms with Crippen LogP contribution in [0.5, 0.6) is 0 Å². The van der Waals surface area contributed by atoms with Crippen LogP contribution >= 0.6 is 0 Å². The van der Waals surface area contributed by atoms with Gasteiger partial charge in [0, 0.05) is 28.3 Å². The molecule has 136 valence electrons. The maximum absolute atomic E-state index is 12.4. The molecule has 0 fully saturated rings. The van der Waals surface area contributed by atoms with Gasteiger partial charge >= 0.3 is 5.63 Å². The van der Waals surface area contributed by atoms with Crippen LogP contribution < -0.4 is 10.9 Å². The minimum atomic E-state index is -0.468. The van der Waals surface area contributed by atoms with Crippen LogP contribution in [0.2, 0.25) is 0 Å². The van der Waals surface area contributed by atoms with E-state index in [0.29, 0.717) is 28.2 Å². The summed E-state index contributed by atoms with van der Waals surface area (Å²) in [5, 5.41) is 4.50. The van der Waals surface area contributed by atoms with Gasteiger partial charge in [-0.05, 0) is 30.7 Å². The highest BCUT2D eigenvalue weighted by atomic mass is 16.4. The highest BCUT2D eigenvalue weighted by Crippen LogP contribution is 2.40. The van der Waals surface area contributed by atoms with Gasteiger partial charge in [-0.1, -0.05) is 38.1 Å². The van der Waals surface area contributed by atoms with E-state index in [1.165, 1.54) is 6.07 Å². The van der Waals surface area contributed by atoms with Crippen molar-refractivity contribution in [2.24, 2.45) is 5.92 Å². The van der Waals surface area contributed by atoms with Crippen LogP contribution in [0.3, 0.4) is 0 Å². The second kappa shape index (κ2) is 6.43. The first-order valence-corrected chi connectivity index (χ1v) is 8.81. The van der Waals surface area contributed by atoms with Crippen LogP contribution in [0.15, 0.2) is 62.2 Å². The number of amides is 1. The van der Waals surface area contributed by atoms with E-state index >= 15 is 0 Å². The van der Waals surface area contributed by atoms with Gasteiger partial charge in [-0.3, -0.25) is 4.79 Å². The molecule has 0 bridgehead atoms. The number of nitrogens with one attached hydrogen (secondary N) is 1. The van der Waals surface area contributed by atoms with E-state index in [1.54, 1.807) is 0 Å². The van der Waals surface area contributed by atoms with Crippen LogP contribution in [0, 0.1) is 12.8 Å². The molecule has 0 saturated heterocycles. The average Bonchev–Trinajstić information content (AvgIpc) is 2.99. The molecule has 0 aliphatic heterocycles. The van der Waals surface area contributed by atoms with Gasteiger partial charge in [0.15, 0.2) is 5.76 Å². The summed E-state index contributed by atoms with van der Waals surface area (Å²) in [6, 6.07) is 14.5. The van der Waals surface area contributed by atoms with Crippen molar-refractivity contribution in [2.75, 3.05) is 5.32 Å². The molecule has 4 aromatic rings. The summed E-state index contributed by atoms with van der Waals surface area (Å²) in [6.45, 7) is 5.58. The molecule has 0 aliphatic carbocycles. The van der Waals surface area contributed by atoms with Crippen LogP contribution in [0.1, 0.15) is 19.4 Å². The Kier molecular flexibility index (Phi) is 4.07. The molecule has 5 nitrogen and oxygen atoms in total. The molecule has 0 unspecified atom stereocenters. The molecule has 5 heteroatoms.